The zero-order valence-electron chi connectivity index (χ0n) is 14.4. The molecule has 0 radical (unpaired) electrons. The lowest BCUT2D eigenvalue weighted by Gasteiger charge is -2.13. The van der Waals surface area contributed by atoms with E-state index in [0.29, 0.717) is 11.5 Å². The highest BCUT2D eigenvalue weighted by molar-refractivity contribution is 5.93. The molecule has 0 aromatic heterocycles. The summed E-state index contributed by atoms with van der Waals surface area (Å²) >= 11 is 0. The predicted molar refractivity (Wildman–Crippen MR) is 95.7 cm³/mol. The SMILES string of the molecule is CCNCc1ccccc1NC(=O)Cc1cc(OC)ccc1OC. The van der Waals surface area contributed by atoms with Crippen molar-refractivity contribution in [3.8, 4) is 11.5 Å². The van der Waals surface area contributed by atoms with Crippen molar-refractivity contribution >= 4 is 11.6 Å². The number of carbonyl (C=O) groups is 1. The molecule has 2 aromatic carbocycles. The number of ether oxygens (including phenoxy) is 2. The summed E-state index contributed by atoms with van der Waals surface area (Å²) in [6, 6.07) is 13.2. The van der Waals surface area contributed by atoms with E-state index < -0.39 is 0 Å². The van der Waals surface area contributed by atoms with Crippen LogP contribution in [0.25, 0.3) is 0 Å². The number of amides is 1. The minimum atomic E-state index is -0.0921. The molecule has 24 heavy (non-hydrogen) atoms. The summed E-state index contributed by atoms with van der Waals surface area (Å²) in [6.45, 7) is 3.65. The van der Waals surface area contributed by atoms with Gasteiger partial charge in [-0.05, 0) is 36.4 Å². The molecular formula is C19H24N2O3. The first-order valence-electron chi connectivity index (χ1n) is 7.97. The summed E-state index contributed by atoms with van der Waals surface area (Å²) < 4.78 is 10.5. The van der Waals surface area contributed by atoms with Gasteiger partial charge in [0.2, 0.25) is 5.91 Å². The highest BCUT2D eigenvalue weighted by atomic mass is 16.5. The van der Waals surface area contributed by atoms with E-state index in [9.17, 15) is 4.79 Å². The Bertz CT molecular complexity index is 686. The van der Waals surface area contributed by atoms with Crippen LogP contribution in [-0.2, 0) is 17.8 Å². The van der Waals surface area contributed by atoms with Gasteiger partial charge in [-0.1, -0.05) is 25.1 Å². The smallest absolute Gasteiger partial charge is 0.228 e. The zero-order chi connectivity index (χ0) is 17.4. The second-order valence-corrected chi connectivity index (χ2v) is 5.34. The van der Waals surface area contributed by atoms with Crippen LogP contribution in [-0.4, -0.2) is 26.7 Å². The van der Waals surface area contributed by atoms with Crippen LogP contribution in [0.2, 0.25) is 0 Å². The Kier molecular flexibility index (Phi) is 6.63. The minimum Gasteiger partial charge on any atom is -0.497 e. The van der Waals surface area contributed by atoms with Crippen LogP contribution in [0.1, 0.15) is 18.1 Å². The summed E-state index contributed by atoms with van der Waals surface area (Å²) in [6.07, 6.45) is 0.218. The van der Waals surface area contributed by atoms with Crippen molar-refractivity contribution < 1.29 is 14.3 Å². The Labute approximate surface area is 143 Å². The van der Waals surface area contributed by atoms with Gasteiger partial charge in [0.25, 0.3) is 0 Å². The summed E-state index contributed by atoms with van der Waals surface area (Å²) in [7, 11) is 3.19. The average Bonchev–Trinajstić information content (AvgIpc) is 2.60. The summed E-state index contributed by atoms with van der Waals surface area (Å²) in [4.78, 5) is 12.4. The van der Waals surface area contributed by atoms with Gasteiger partial charge in [-0.15, -0.1) is 0 Å². The topological polar surface area (TPSA) is 59.6 Å². The van der Waals surface area contributed by atoms with Gasteiger partial charge in [-0.3, -0.25) is 4.79 Å². The molecular weight excluding hydrogens is 304 g/mol. The fraction of sp³-hybridized carbons (Fsp3) is 0.316. The first kappa shape index (κ1) is 17.8. The van der Waals surface area contributed by atoms with Crippen molar-refractivity contribution in [2.24, 2.45) is 0 Å². The maximum Gasteiger partial charge on any atom is 0.228 e. The number of hydrogen-bond donors (Lipinski definition) is 2. The lowest BCUT2D eigenvalue weighted by molar-refractivity contribution is -0.115. The maximum absolute atomic E-state index is 12.4. The quantitative estimate of drug-likeness (QED) is 0.782. The minimum absolute atomic E-state index is 0.0921. The fourth-order valence-corrected chi connectivity index (χ4v) is 2.44. The molecule has 0 spiro atoms. The molecule has 2 aromatic rings. The van der Waals surface area contributed by atoms with Crippen LogP contribution in [0, 0.1) is 0 Å². The number of hydrogen-bond acceptors (Lipinski definition) is 4. The molecule has 0 saturated heterocycles. The number of anilines is 1. The molecule has 2 rings (SSSR count). The Balaban J connectivity index is 2.11. The maximum atomic E-state index is 12.4. The molecule has 5 nitrogen and oxygen atoms in total. The van der Waals surface area contributed by atoms with E-state index in [2.05, 4.69) is 17.6 Å². The number of rotatable bonds is 8. The van der Waals surface area contributed by atoms with E-state index in [1.54, 1.807) is 20.3 Å². The first-order chi connectivity index (χ1) is 11.7. The van der Waals surface area contributed by atoms with Crippen molar-refractivity contribution in [2.75, 3.05) is 26.1 Å². The van der Waals surface area contributed by atoms with Gasteiger partial charge in [0.15, 0.2) is 0 Å². The normalized spacial score (nSPS) is 10.3. The van der Waals surface area contributed by atoms with Gasteiger partial charge in [0.05, 0.1) is 20.6 Å². The highest BCUT2D eigenvalue weighted by Crippen LogP contribution is 2.25. The molecule has 1 amide bonds. The summed E-state index contributed by atoms with van der Waals surface area (Å²) in [5.74, 6) is 1.28. The second-order valence-electron chi connectivity index (χ2n) is 5.34. The van der Waals surface area contributed by atoms with Crippen molar-refractivity contribution in [1.82, 2.24) is 5.32 Å². The van der Waals surface area contributed by atoms with Gasteiger partial charge in [0, 0.05) is 17.8 Å². The van der Waals surface area contributed by atoms with Crippen LogP contribution in [0.5, 0.6) is 11.5 Å². The highest BCUT2D eigenvalue weighted by Gasteiger charge is 2.12. The van der Waals surface area contributed by atoms with Crippen molar-refractivity contribution in [3.05, 3.63) is 53.6 Å². The Hall–Kier alpha value is -2.53. The summed E-state index contributed by atoms with van der Waals surface area (Å²) in [5, 5.41) is 6.25. The lowest BCUT2D eigenvalue weighted by Crippen LogP contribution is -2.18. The average molecular weight is 328 g/mol. The number of carbonyl (C=O) groups excluding carboxylic acids is 1. The predicted octanol–water partition coefficient (Wildman–Crippen LogP) is 2.99. The van der Waals surface area contributed by atoms with Gasteiger partial charge >= 0.3 is 0 Å². The molecule has 0 aliphatic carbocycles. The molecule has 0 aliphatic rings. The molecule has 0 bridgehead atoms. The van der Waals surface area contributed by atoms with Crippen LogP contribution < -0.4 is 20.1 Å². The molecule has 2 N–H and O–H groups in total. The third-order valence-corrected chi connectivity index (χ3v) is 3.70. The Morgan fingerprint density at radius 2 is 1.83 bits per heavy atom. The lowest BCUT2D eigenvalue weighted by atomic mass is 10.1. The van der Waals surface area contributed by atoms with E-state index in [4.69, 9.17) is 9.47 Å². The van der Waals surface area contributed by atoms with Crippen molar-refractivity contribution in [1.29, 1.82) is 0 Å². The largest absolute Gasteiger partial charge is 0.497 e. The molecule has 0 saturated carbocycles. The fourth-order valence-electron chi connectivity index (χ4n) is 2.44. The van der Waals surface area contributed by atoms with Gasteiger partial charge in [-0.25, -0.2) is 0 Å². The third kappa shape index (κ3) is 4.73. The van der Waals surface area contributed by atoms with Crippen molar-refractivity contribution in [3.63, 3.8) is 0 Å². The van der Waals surface area contributed by atoms with Gasteiger partial charge < -0.3 is 20.1 Å². The molecule has 0 aliphatic heterocycles. The molecule has 0 heterocycles. The Morgan fingerprint density at radius 1 is 1.04 bits per heavy atom. The molecule has 0 fully saturated rings. The number of benzene rings is 2. The van der Waals surface area contributed by atoms with E-state index in [1.165, 1.54) is 0 Å². The molecule has 5 heteroatoms. The van der Waals surface area contributed by atoms with Crippen LogP contribution >= 0.6 is 0 Å². The second kappa shape index (κ2) is 8.93. The third-order valence-electron chi connectivity index (χ3n) is 3.70. The molecule has 0 atom stereocenters. The van der Waals surface area contributed by atoms with E-state index in [1.807, 2.05) is 36.4 Å². The standard InChI is InChI=1S/C19H24N2O3/c1-4-20-13-14-7-5-6-8-17(14)21-19(22)12-15-11-16(23-2)9-10-18(15)24-3/h5-11,20H,4,12-13H2,1-3H3,(H,21,22). The van der Waals surface area contributed by atoms with E-state index in [0.717, 1.165) is 29.9 Å². The number of methoxy groups -OCH3 is 2. The van der Waals surface area contributed by atoms with Crippen LogP contribution in [0.4, 0.5) is 5.69 Å². The number of para-hydroxylation sites is 1. The number of nitrogens with one attached hydrogen (secondary N) is 2. The molecule has 0 unspecified atom stereocenters. The first-order valence-corrected chi connectivity index (χ1v) is 7.97. The monoisotopic (exact) mass is 328 g/mol. The zero-order valence-corrected chi connectivity index (χ0v) is 14.4. The van der Waals surface area contributed by atoms with Crippen molar-refractivity contribution in [2.45, 2.75) is 19.9 Å². The van der Waals surface area contributed by atoms with Crippen LogP contribution in [0.3, 0.4) is 0 Å². The van der Waals surface area contributed by atoms with E-state index >= 15 is 0 Å². The van der Waals surface area contributed by atoms with E-state index in [-0.39, 0.29) is 12.3 Å². The van der Waals surface area contributed by atoms with Crippen LogP contribution in [0.15, 0.2) is 42.5 Å². The van der Waals surface area contributed by atoms with Gasteiger partial charge in [0.1, 0.15) is 11.5 Å². The molecule has 128 valence electrons. The Morgan fingerprint density at radius 3 is 2.54 bits per heavy atom. The van der Waals surface area contributed by atoms with Gasteiger partial charge in [-0.2, -0.15) is 0 Å². The summed E-state index contributed by atoms with van der Waals surface area (Å²) in [5.41, 5.74) is 2.68.